The Morgan fingerprint density at radius 2 is 2.00 bits per heavy atom. The van der Waals surface area contributed by atoms with Gasteiger partial charge in [-0.1, -0.05) is 13.8 Å². The van der Waals surface area contributed by atoms with Gasteiger partial charge in [0.2, 0.25) is 0 Å². The molecule has 0 N–H and O–H groups in total. The molecule has 1 fully saturated rings. The van der Waals surface area contributed by atoms with E-state index in [1.807, 2.05) is 0 Å². The molecule has 0 spiro atoms. The summed E-state index contributed by atoms with van der Waals surface area (Å²) in [7, 11) is 0. The molecule has 1 aliphatic heterocycles. The van der Waals surface area contributed by atoms with Crippen molar-refractivity contribution in [1.82, 2.24) is 0 Å². The Morgan fingerprint density at radius 1 is 1.50 bits per heavy atom. The van der Waals surface area contributed by atoms with Gasteiger partial charge in [0, 0.05) is 25.1 Å². The number of ether oxygens (including phenoxy) is 2. The van der Waals surface area contributed by atoms with Crippen molar-refractivity contribution < 1.29 is 33.7 Å². The van der Waals surface area contributed by atoms with Crippen LogP contribution in [-0.2, 0) is 29.0 Å². The van der Waals surface area contributed by atoms with Crippen LogP contribution in [-0.4, -0.2) is 11.8 Å². The van der Waals surface area contributed by atoms with Crippen LogP contribution in [0.4, 0.5) is 4.79 Å². The smallest absolute Gasteiger partial charge is 0.474 e. The molecule has 0 aliphatic carbocycles. The van der Waals surface area contributed by atoms with Crippen molar-refractivity contribution in [3.05, 3.63) is 6.10 Å². The van der Waals surface area contributed by atoms with Crippen LogP contribution in [0.5, 0.6) is 0 Å². The second kappa shape index (κ2) is 2.87. The van der Waals surface area contributed by atoms with Gasteiger partial charge >= 0.3 is 6.16 Å². The van der Waals surface area contributed by atoms with Crippen LogP contribution in [0.15, 0.2) is 0 Å². The van der Waals surface area contributed by atoms with E-state index in [1.54, 1.807) is 20.8 Å². The van der Waals surface area contributed by atoms with Gasteiger partial charge in [-0.15, -0.1) is 6.10 Å². The Morgan fingerprint density at radius 3 is 2.10 bits per heavy atom. The molecule has 0 aromatic rings. The molecule has 1 rings (SSSR count). The van der Waals surface area contributed by atoms with Crippen LogP contribution in [0, 0.1) is 6.10 Å². The number of hydrogen-bond donors (Lipinski definition) is 0. The second-order valence-electron chi connectivity index (χ2n) is 2.52. The summed E-state index contributed by atoms with van der Waals surface area (Å²) in [6.45, 7) is 5.30. The van der Waals surface area contributed by atoms with Crippen molar-refractivity contribution in [1.29, 1.82) is 0 Å². The minimum atomic E-state index is -0.600. The van der Waals surface area contributed by atoms with Crippen molar-refractivity contribution in [3.63, 3.8) is 0 Å². The minimum Gasteiger partial charge on any atom is -0.599 e. The minimum absolute atomic E-state index is 0. The van der Waals surface area contributed by atoms with Crippen LogP contribution >= 0.6 is 0 Å². The van der Waals surface area contributed by atoms with Crippen LogP contribution in [0.1, 0.15) is 20.8 Å². The summed E-state index contributed by atoms with van der Waals surface area (Å²) >= 11 is 0. The molecule has 0 unspecified atom stereocenters. The Balaban J connectivity index is 0.000000810. The summed E-state index contributed by atoms with van der Waals surface area (Å²) in [6.07, 6.45) is 0.0185. The average molecular weight is 232 g/mol. The molecular formula is C6H9O3Rh-. The van der Waals surface area contributed by atoms with Crippen LogP contribution in [0.2, 0.25) is 0 Å². The second-order valence-corrected chi connectivity index (χ2v) is 2.52. The molecule has 1 saturated heterocycles. The van der Waals surface area contributed by atoms with Gasteiger partial charge in [0.05, 0.1) is 0 Å². The van der Waals surface area contributed by atoms with E-state index in [4.69, 9.17) is 4.74 Å². The summed E-state index contributed by atoms with van der Waals surface area (Å²) in [5.74, 6) is 0. The first-order valence-corrected chi connectivity index (χ1v) is 2.77. The van der Waals surface area contributed by atoms with Crippen molar-refractivity contribution in [2.24, 2.45) is 0 Å². The molecule has 4 heteroatoms. The zero-order valence-corrected chi connectivity index (χ0v) is 7.70. The number of rotatable bonds is 0. The maximum atomic E-state index is 10.4. The molecule has 1 aliphatic rings. The fraction of sp³-hybridized carbons (Fsp3) is 0.667. The Kier molecular flexibility index (Phi) is 2.84. The summed E-state index contributed by atoms with van der Waals surface area (Å²) in [6, 6.07) is 0. The van der Waals surface area contributed by atoms with Crippen LogP contribution < -0.4 is 0 Å². The first-order chi connectivity index (χ1) is 4.02. The maximum absolute atomic E-state index is 10.4. The predicted molar refractivity (Wildman–Crippen MR) is 30.6 cm³/mol. The molecule has 1 radical (unpaired) electrons. The molecule has 0 saturated carbocycles. The third-order valence-electron chi connectivity index (χ3n) is 1.42. The molecule has 0 atom stereocenters. The third-order valence-corrected chi connectivity index (χ3v) is 1.42. The monoisotopic (exact) mass is 232 g/mol. The number of carbonyl (C=O) groups is 1. The van der Waals surface area contributed by atoms with Crippen molar-refractivity contribution in [3.8, 4) is 0 Å². The summed E-state index contributed by atoms with van der Waals surface area (Å²) < 4.78 is 9.39. The Hall–Kier alpha value is -0.107. The molecule has 1 heterocycles. The molecule has 0 aromatic heterocycles. The molecular weight excluding hydrogens is 223 g/mol. The van der Waals surface area contributed by atoms with E-state index < -0.39 is 11.8 Å². The SMILES string of the molecule is C[C-]1OC(=O)OC1(C)C.[Rh]. The molecule has 10 heavy (non-hydrogen) atoms. The van der Waals surface area contributed by atoms with Crippen LogP contribution in [0.25, 0.3) is 0 Å². The van der Waals surface area contributed by atoms with Crippen LogP contribution in [0.3, 0.4) is 0 Å². The van der Waals surface area contributed by atoms with Gasteiger partial charge in [-0.05, 0) is 0 Å². The molecule has 61 valence electrons. The summed E-state index contributed by atoms with van der Waals surface area (Å²) in [5.41, 5.74) is -0.531. The van der Waals surface area contributed by atoms with E-state index in [9.17, 15) is 4.79 Å². The standard InChI is InChI=1S/C6H9O3.Rh/c1-4-6(2,3)9-5(7)8-4;/h1-3H3;/q-1;. The number of hydrogen-bond acceptors (Lipinski definition) is 3. The zero-order chi connectivity index (χ0) is 7.07. The fourth-order valence-corrected chi connectivity index (χ4v) is 0.549. The van der Waals surface area contributed by atoms with E-state index in [2.05, 4.69) is 4.74 Å². The molecule has 3 nitrogen and oxygen atoms in total. The molecule has 0 amide bonds. The van der Waals surface area contributed by atoms with E-state index in [1.165, 1.54) is 0 Å². The fourth-order valence-electron chi connectivity index (χ4n) is 0.549. The first kappa shape index (κ1) is 9.89. The van der Waals surface area contributed by atoms with E-state index in [-0.39, 0.29) is 19.5 Å². The average Bonchev–Trinajstić information content (AvgIpc) is 1.79. The number of carbonyl (C=O) groups excluding carboxylic acids is 1. The maximum Gasteiger partial charge on any atom is 0.474 e. The molecule has 0 aromatic carbocycles. The third kappa shape index (κ3) is 1.69. The van der Waals surface area contributed by atoms with E-state index in [0.717, 1.165) is 0 Å². The Labute approximate surface area is 72.8 Å². The normalized spacial score (nSPS) is 22.9. The van der Waals surface area contributed by atoms with Crippen molar-refractivity contribution in [2.75, 3.05) is 0 Å². The summed E-state index contributed by atoms with van der Waals surface area (Å²) in [5, 5.41) is 0. The quantitative estimate of drug-likeness (QED) is 0.360. The largest absolute Gasteiger partial charge is 0.599 e. The van der Waals surface area contributed by atoms with Crippen molar-refractivity contribution in [2.45, 2.75) is 26.4 Å². The zero-order valence-electron chi connectivity index (χ0n) is 6.06. The number of cyclic esters (lactones) is 2. The predicted octanol–water partition coefficient (Wildman–Crippen LogP) is 1.48. The van der Waals surface area contributed by atoms with Gasteiger partial charge in [0.25, 0.3) is 0 Å². The summed E-state index contributed by atoms with van der Waals surface area (Å²) in [4.78, 5) is 10.4. The van der Waals surface area contributed by atoms with Gasteiger partial charge < -0.3 is 9.47 Å². The van der Waals surface area contributed by atoms with Gasteiger partial charge in [-0.2, -0.15) is 6.92 Å². The van der Waals surface area contributed by atoms with Gasteiger partial charge in [-0.25, -0.2) is 4.79 Å². The Bertz CT molecular complexity index is 144. The van der Waals surface area contributed by atoms with E-state index >= 15 is 0 Å². The van der Waals surface area contributed by atoms with E-state index in [0.29, 0.717) is 6.10 Å². The van der Waals surface area contributed by atoms with Gasteiger partial charge in [0.15, 0.2) is 0 Å². The van der Waals surface area contributed by atoms with Gasteiger partial charge in [0.1, 0.15) is 0 Å². The molecule has 0 bridgehead atoms. The topological polar surface area (TPSA) is 35.5 Å². The first-order valence-electron chi connectivity index (χ1n) is 2.77. The van der Waals surface area contributed by atoms with Gasteiger partial charge in [-0.3, -0.25) is 0 Å². The van der Waals surface area contributed by atoms with Crippen molar-refractivity contribution >= 4 is 6.16 Å².